The maximum absolute atomic E-state index is 10.8. The SMILES string of the molecule is CC(C)(C)[Si](C)(C)OC1CCO[C@@H]1C=O. The third-order valence-electron chi connectivity index (χ3n) is 3.47. The Morgan fingerprint density at radius 3 is 2.47 bits per heavy atom. The van der Waals surface area contributed by atoms with Crippen LogP contribution in [0.4, 0.5) is 0 Å². The van der Waals surface area contributed by atoms with Crippen LogP contribution in [0.5, 0.6) is 0 Å². The van der Waals surface area contributed by atoms with Gasteiger partial charge in [0.2, 0.25) is 0 Å². The topological polar surface area (TPSA) is 35.5 Å². The second-order valence-corrected chi connectivity index (χ2v) is 10.4. The van der Waals surface area contributed by atoms with Gasteiger partial charge in [-0.3, -0.25) is 0 Å². The first-order valence-corrected chi connectivity index (χ1v) is 8.43. The molecule has 0 aliphatic carbocycles. The summed E-state index contributed by atoms with van der Waals surface area (Å²) in [6, 6.07) is 0. The maximum Gasteiger partial charge on any atom is 0.192 e. The molecule has 15 heavy (non-hydrogen) atoms. The van der Waals surface area contributed by atoms with Crippen LogP contribution in [-0.4, -0.2) is 33.4 Å². The second-order valence-electron chi connectivity index (χ2n) is 5.68. The Morgan fingerprint density at radius 1 is 1.40 bits per heavy atom. The summed E-state index contributed by atoms with van der Waals surface area (Å²) >= 11 is 0. The van der Waals surface area contributed by atoms with Crippen molar-refractivity contribution in [3.05, 3.63) is 0 Å². The van der Waals surface area contributed by atoms with Gasteiger partial charge < -0.3 is 14.0 Å². The van der Waals surface area contributed by atoms with Crippen LogP contribution < -0.4 is 0 Å². The molecule has 0 N–H and O–H groups in total. The van der Waals surface area contributed by atoms with E-state index in [1.54, 1.807) is 0 Å². The Kier molecular flexibility index (Phi) is 3.74. The summed E-state index contributed by atoms with van der Waals surface area (Å²) in [4.78, 5) is 10.8. The zero-order valence-corrected chi connectivity index (χ0v) is 11.4. The van der Waals surface area contributed by atoms with E-state index in [-0.39, 0.29) is 17.2 Å². The molecule has 0 amide bonds. The third kappa shape index (κ3) is 2.89. The van der Waals surface area contributed by atoms with Crippen molar-refractivity contribution in [3.8, 4) is 0 Å². The number of hydrogen-bond acceptors (Lipinski definition) is 3. The van der Waals surface area contributed by atoms with E-state index in [0.29, 0.717) is 6.61 Å². The lowest BCUT2D eigenvalue weighted by Gasteiger charge is -2.38. The predicted molar refractivity (Wildman–Crippen MR) is 62.5 cm³/mol. The lowest BCUT2D eigenvalue weighted by Crippen LogP contribution is -2.46. The number of carbonyl (C=O) groups excluding carboxylic acids is 1. The molecule has 1 aliphatic rings. The molecule has 2 atom stereocenters. The van der Waals surface area contributed by atoms with Gasteiger partial charge in [0.15, 0.2) is 14.6 Å². The van der Waals surface area contributed by atoms with E-state index in [2.05, 4.69) is 33.9 Å². The van der Waals surface area contributed by atoms with Gasteiger partial charge in [-0.05, 0) is 24.6 Å². The number of hydrogen-bond donors (Lipinski definition) is 0. The number of rotatable bonds is 3. The van der Waals surface area contributed by atoms with E-state index in [4.69, 9.17) is 9.16 Å². The second kappa shape index (κ2) is 4.35. The molecule has 0 saturated carbocycles. The fourth-order valence-corrected chi connectivity index (χ4v) is 2.76. The summed E-state index contributed by atoms with van der Waals surface area (Å²) in [5, 5.41) is 0.184. The minimum absolute atomic E-state index is 0.0246. The van der Waals surface area contributed by atoms with Gasteiger partial charge in [0.1, 0.15) is 6.10 Å². The van der Waals surface area contributed by atoms with Crippen molar-refractivity contribution in [2.24, 2.45) is 0 Å². The highest BCUT2D eigenvalue weighted by atomic mass is 28.4. The van der Waals surface area contributed by atoms with Gasteiger partial charge in [0, 0.05) is 0 Å². The first-order chi connectivity index (χ1) is 6.78. The van der Waals surface area contributed by atoms with Crippen molar-refractivity contribution < 1.29 is 14.0 Å². The summed E-state index contributed by atoms with van der Waals surface area (Å²) in [6.45, 7) is 11.6. The van der Waals surface area contributed by atoms with Crippen molar-refractivity contribution in [2.45, 2.75) is 57.5 Å². The largest absolute Gasteiger partial charge is 0.411 e. The molecule has 1 fully saturated rings. The first-order valence-electron chi connectivity index (χ1n) is 5.52. The van der Waals surface area contributed by atoms with Gasteiger partial charge in [-0.2, -0.15) is 0 Å². The zero-order chi connectivity index (χ0) is 11.7. The van der Waals surface area contributed by atoms with Crippen LogP contribution in [0.2, 0.25) is 18.1 Å². The van der Waals surface area contributed by atoms with Crippen LogP contribution in [0.3, 0.4) is 0 Å². The number of carbonyl (C=O) groups is 1. The zero-order valence-electron chi connectivity index (χ0n) is 10.4. The molecule has 0 aromatic rings. The number of ether oxygens (including phenoxy) is 1. The van der Waals surface area contributed by atoms with Gasteiger partial charge in [-0.25, -0.2) is 0 Å². The van der Waals surface area contributed by atoms with Crippen LogP contribution in [-0.2, 0) is 14.0 Å². The Labute approximate surface area is 93.3 Å². The Bertz CT molecular complexity index is 232. The first kappa shape index (κ1) is 12.9. The molecule has 0 aromatic heterocycles. The van der Waals surface area contributed by atoms with Crippen LogP contribution in [0.15, 0.2) is 0 Å². The summed E-state index contributed by atoms with van der Waals surface area (Å²) < 4.78 is 11.5. The van der Waals surface area contributed by atoms with Gasteiger partial charge >= 0.3 is 0 Å². The van der Waals surface area contributed by atoms with Crippen molar-refractivity contribution in [2.75, 3.05) is 6.61 Å². The summed E-state index contributed by atoms with van der Waals surface area (Å²) in [5.74, 6) is 0. The van der Waals surface area contributed by atoms with Crippen LogP contribution in [0.25, 0.3) is 0 Å². The molecule has 0 spiro atoms. The van der Waals surface area contributed by atoms with E-state index in [1.807, 2.05) is 0 Å². The lowest BCUT2D eigenvalue weighted by atomic mass is 10.2. The van der Waals surface area contributed by atoms with Gasteiger partial charge in [0.05, 0.1) is 12.7 Å². The average molecular weight is 230 g/mol. The summed E-state index contributed by atoms with van der Waals surface area (Å²) in [5.41, 5.74) is 0. The molecule has 0 bridgehead atoms. The molecule has 1 unspecified atom stereocenters. The molecule has 1 saturated heterocycles. The van der Waals surface area contributed by atoms with Crippen LogP contribution in [0, 0.1) is 0 Å². The molecule has 1 heterocycles. The standard InChI is InChI=1S/C11H22O3Si/c1-11(2,3)15(4,5)14-9-6-7-13-10(9)8-12/h8-10H,6-7H2,1-5H3/t9?,10-/m1/s1. The summed E-state index contributed by atoms with van der Waals surface area (Å²) in [7, 11) is -1.77. The minimum Gasteiger partial charge on any atom is -0.411 e. The molecule has 0 radical (unpaired) electrons. The molecular formula is C11H22O3Si. The van der Waals surface area contributed by atoms with Crippen molar-refractivity contribution in [1.29, 1.82) is 0 Å². The third-order valence-corrected chi connectivity index (χ3v) is 7.97. The fourth-order valence-electron chi connectivity index (χ4n) is 1.40. The molecule has 88 valence electrons. The maximum atomic E-state index is 10.8. The highest BCUT2D eigenvalue weighted by molar-refractivity contribution is 6.74. The normalized spacial score (nSPS) is 28.1. The van der Waals surface area contributed by atoms with Gasteiger partial charge in [-0.15, -0.1) is 0 Å². The van der Waals surface area contributed by atoms with Crippen LogP contribution >= 0.6 is 0 Å². The van der Waals surface area contributed by atoms with E-state index in [0.717, 1.165) is 12.7 Å². The van der Waals surface area contributed by atoms with Gasteiger partial charge in [0.25, 0.3) is 0 Å². The molecule has 1 aliphatic heterocycles. The monoisotopic (exact) mass is 230 g/mol. The van der Waals surface area contributed by atoms with Crippen molar-refractivity contribution >= 4 is 14.6 Å². The predicted octanol–water partition coefficient (Wildman–Crippen LogP) is 2.36. The summed E-state index contributed by atoms with van der Waals surface area (Å²) in [6.07, 6.45) is 1.34. The Hall–Kier alpha value is -0.193. The molecular weight excluding hydrogens is 208 g/mol. The quantitative estimate of drug-likeness (QED) is 0.551. The van der Waals surface area contributed by atoms with E-state index in [9.17, 15) is 4.79 Å². The van der Waals surface area contributed by atoms with Crippen LogP contribution in [0.1, 0.15) is 27.2 Å². The van der Waals surface area contributed by atoms with Gasteiger partial charge in [-0.1, -0.05) is 20.8 Å². The van der Waals surface area contributed by atoms with E-state index in [1.165, 1.54) is 0 Å². The molecule has 0 aromatic carbocycles. The minimum atomic E-state index is -1.77. The average Bonchev–Trinajstić information content (AvgIpc) is 2.48. The van der Waals surface area contributed by atoms with Crippen molar-refractivity contribution in [3.63, 3.8) is 0 Å². The Balaban J connectivity index is 2.64. The number of aldehydes is 1. The molecule has 1 rings (SSSR count). The van der Waals surface area contributed by atoms with E-state index < -0.39 is 8.32 Å². The lowest BCUT2D eigenvalue weighted by molar-refractivity contribution is -0.118. The van der Waals surface area contributed by atoms with E-state index >= 15 is 0 Å². The fraction of sp³-hybridized carbons (Fsp3) is 0.909. The highest BCUT2D eigenvalue weighted by Gasteiger charge is 2.42. The van der Waals surface area contributed by atoms with Crippen molar-refractivity contribution in [1.82, 2.24) is 0 Å². The highest BCUT2D eigenvalue weighted by Crippen LogP contribution is 2.38. The molecule has 3 nitrogen and oxygen atoms in total. The smallest absolute Gasteiger partial charge is 0.192 e. The Morgan fingerprint density at radius 2 is 2.00 bits per heavy atom. The molecule has 4 heteroatoms.